The van der Waals surface area contributed by atoms with Crippen LogP contribution in [0.2, 0.25) is 0 Å². The van der Waals surface area contributed by atoms with Crippen LogP contribution < -0.4 is 15.0 Å². The second-order valence-corrected chi connectivity index (χ2v) is 8.11. The average Bonchev–Trinajstić information content (AvgIpc) is 3.44. The number of aryl methyl sites for hydroxylation is 2. The number of aromatic nitrogens is 1. The van der Waals surface area contributed by atoms with E-state index in [1.165, 1.54) is 24.2 Å². The van der Waals surface area contributed by atoms with E-state index >= 15 is 0 Å². The van der Waals surface area contributed by atoms with Crippen LogP contribution in [-0.4, -0.2) is 30.7 Å². The number of likely N-dealkylation sites (tertiary alicyclic amines) is 1. The number of piperidine rings is 1. The maximum atomic E-state index is 12.7. The van der Waals surface area contributed by atoms with Crippen LogP contribution in [0.1, 0.15) is 58.4 Å². The topological polar surface area (TPSA) is 81.9 Å². The number of benzene rings is 1. The van der Waals surface area contributed by atoms with E-state index in [1.807, 2.05) is 38.1 Å². The molecular weight excluding hydrogens is 394 g/mol. The second kappa shape index (κ2) is 9.83. The lowest BCUT2D eigenvalue weighted by Gasteiger charge is -2.30. The number of nitrogens with zero attached hydrogens (tertiary/aromatic N) is 1. The van der Waals surface area contributed by atoms with Gasteiger partial charge < -0.3 is 23.9 Å². The minimum Gasteiger partial charge on any atom is -0.489 e. The number of ether oxygens (including phenoxy) is 1. The third kappa shape index (κ3) is 5.17. The van der Waals surface area contributed by atoms with Crippen molar-refractivity contribution in [1.29, 1.82) is 0 Å². The number of rotatable bonds is 8. The first kappa shape index (κ1) is 21.2. The molecule has 4 rings (SSSR count). The predicted molar refractivity (Wildman–Crippen MR) is 115 cm³/mol. The lowest BCUT2D eigenvalue weighted by atomic mass is 10.1. The van der Waals surface area contributed by atoms with Gasteiger partial charge in [-0.1, -0.05) is 5.16 Å². The smallest absolute Gasteiger partial charge is 0.251 e. The molecule has 1 saturated heterocycles. The van der Waals surface area contributed by atoms with Gasteiger partial charge in [-0.15, -0.1) is 0 Å². The Morgan fingerprint density at radius 2 is 1.94 bits per heavy atom. The van der Waals surface area contributed by atoms with Gasteiger partial charge in [-0.05, 0) is 69.5 Å². The zero-order valence-electron chi connectivity index (χ0n) is 18.1. The van der Waals surface area contributed by atoms with Gasteiger partial charge in [-0.3, -0.25) is 4.79 Å². The zero-order valence-corrected chi connectivity index (χ0v) is 18.1. The highest BCUT2D eigenvalue weighted by Crippen LogP contribution is 2.18. The van der Waals surface area contributed by atoms with Crippen LogP contribution >= 0.6 is 0 Å². The Morgan fingerprint density at radius 3 is 2.58 bits per heavy atom. The molecule has 1 aliphatic heterocycles. The van der Waals surface area contributed by atoms with Gasteiger partial charge in [0.05, 0.1) is 37.2 Å². The van der Waals surface area contributed by atoms with E-state index < -0.39 is 0 Å². The summed E-state index contributed by atoms with van der Waals surface area (Å²) in [5.41, 5.74) is 2.39. The van der Waals surface area contributed by atoms with Gasteiger partial charge >= 0.3 is 0 Å². The van der Waals surface area contributed by atoms with Crippen molar-refractivity contribution in [1.82, 2.24) is 10.5 Å². The Bertz CT molecular complexity index is 953. The molecule has 0 spiro atoms. The maximum absolute atomic E-state index is 12.7. The summed E-state index contributed by atoms with van der Waals surface area (Å²) < 4.78 is 16.7. The first-order chi connectivity index (χ1) is 15.1. The van der Waals surface area contributed by atoms with Crippen molar-refractivity contribution >= 4 is 5.91 Å². The number of hydrogen-bond acceptors (Lipinski definition) is 5. The van der Waals surface area contributed by atoms with Crippen LogP contribution in [0.3, 0.4) is 0 Å². The normalized spacial score (nSPS) is 15.5. The summed E-state index contributed by atoms with van der Waals surface area (Å²) in [6.45, 7) is 6.91. The predicted octanol–water partition coefficient (Wildman–Crippen LogP) is 3.00. The molecule has 1 amide bonds. The van der Waals surface area contributed by atoms with Crippen LogP contribution in [0.5, 0.6) is 5.75 Å². The quantitative estimate of drug-likeness (QED) is 0.581. The van der Waals surface area contributed by atoms with Gasteiger partial charge in [-0.2, -0.15) is 0 Å². The molecule has 1 aliphatic rings. The van der Waals surface area contributed by atoms with Crippen molar-refractivity contribution < 1.29 is 23.4 Å². The molecule has 3 heterocycles. The standard InChI is InChI=1S/C24H29N3O4/c1-17-21(18(2)31-26-17)16-30-20-10-8-19(9-11-20)24(28)25-15-22(23-7-6-14-29-23)27-12-4-3-5-13-27/h6-11,14,22H,3-5,12-13,15-16H2,1-2H3,(H,25,28)/p+1/t22-/m1/s1. The highest BCUT2D eigenvalue weighted by Gasteiger charge is 2.28. The first-order valence-electron chi connectivity index (χ1n) is 10.9. The molecule has 0 saturated carbocycles. The largest absolute Gasteiger partial charge is 0.489 e. The highest BCUT2D eigenvalue weighted by molar-refractivity contribution is 5.94. The summed E-state index contributed by atoms with van der Waals surface area (Å²) in [5, 5.41) is 7.03. The third-order valence-corrected chi connectivity index (χ3v) is 6.02. The summed E-state index contributed by atoms with van der Waals surface area (Å²) in [4.78, 5) is 14.2. The van der Waals surface area contributed by atoms with Gasteiger partial charge in [-0.25, -0.2) is 0 Å². The van der Waals surface area contributed by atoms with E-state index in [-0.39, 0.29) is 11.9 Å². The summed E-state index contributed by atoms with van der Waals surface area (Å²) in [6, 6.07) is 11.2. The molecule has 7 heteroatoms. The van der Waals surface area contributed by atoms with E-state index in [0.717, 1.165) is 35.9 Å². The van der Waals surface area contributed by atoms with Gasteiger partial charge in [0.1, 0.15) is 18.1 Å². The summed E-state index contributed by atoms with van der Waals surface area (Å²) in [5.74, 6) is 2.30. The lowest BCUT2D eigenvalue weighted by molar-refractivity contribution is -0.936. The monoisotopic (exact) mass is 424 g/mol. The third-order valence-electron chi connectivity index (χ3n) is 6.02. The lowest BCUT2D eigenvalue weighted by Crippen LogP contribution is -3.13. The molecule has 0 aliphatic carbocycles. The minimum absolute atomic E-state index is 0.0924. The summed E-state index contributed by atoms with van der Waals surface area (Å²) in [7, 11) is 0. The van der Waals surface area contributed by atoms with Crippen molar-refractivity contribution in [2.24, 2.45) is 0 Å². The van der Waals surface area contributed by atoms with E-state index in [0.29, 0.717) is 24.5 Å². The molecule has 7 nitrogen and oxygen atoms in total. The van der Waals surface area contributed by atoms with Crippen molar-refractivity contribution in [3.05, 3.63) is 71.0 Å². The Kier molecular flexibility index (Phi) is 6.72. The molecule has 2 N–H and O–H groups in total. The van der Waals surface area contributed by atoms with E-state index in [1.54, 1.807) is 18.4 Å². The molecule has 3 aromatic rings. The van der Waals surface area contributed by atoms with E-state index in [9.17, 15) is 4.79 Å². The Hall–Kier alpha value is -3.06. The molecule has 0 unspecified atom stereocenters. The number of nitrogens with one attached hydrogen (secondary N) is 2. The van der Waals surface area contributed by atoms with Crippen LogP contribution in [0, 0.1) is 13.8 Å². The molecule has 0 radical (unpaired) electrons. The molecule has 31 heavy (non-hydrogen) atoms. The Morgan fingerprint density at radius 1 is 1.16 bits per heavy atom. The Labute approximate surface area is 182 Å². The van der Waals surface area contributed by atoms with Crippen molar-refractivity contribution in [3.8, 4) is 5.75 Å². The molecule has 0 bridgehead atoms. The molecule has 164 valence electrons. The fourth-order valence-electron chi connectivity index (χ4n) is 4.15. The highest BCUT2D eigenvalue weighted by atomic mass is 16.5. The molecule has 2 aromatic heterocycles. The van der Waals surface area contributed by atoms with Crippen LogP contribution in [0.25, 0.3) is 0 Å². The number of furan rings is 1. The molecule has 1 fully saturated rings. The fourth-order valence-corrected chi connectivity index (χ4v) is 4.15. The van der Waals surface area contributed by atoms with Gasteiger partial charge in [0.25, 0.3) is 5.91 Å². The number of hydrogen-bond donors (Lipinski definition) is 2. The van der Waals surface area contributed by atoms with E-state index in [2.05, 4.69) is 10.5 Å². The fraction of sp³-hybridized carbons (Fsp3) is 0.417. The van der Waals surface area contributed by atoms with Crippen molar-refractivity contribution in [2.75, 3.05) is 19.6 Å². The minimum atomic E-state index is -0.0924. The Balaban J connectivity index is 1.34. The number of carbonyl (C=O) groups excluding carboxylic acids is 1. The van der Waals surface area contributed by atoms with Gasteiger partial charge in [0.15, 0.2) is 11.8 Å². The summed E-state index contributed by atoms with van der Waals surface area (Å²) in [6.07, 6.45) is 5.42. The SMILES string of the molecule is Cc1noc(C)c1COc1ccc(C(=O)NC[C@H](c2ccco2)[NH+]2CCCCC2)cc1. The number of amides is 1. The van der Waals surface area contributed by atoms with Crippen LogP contribution in [-0.2, 0) is 6.61 Å². The second-order valence-electron chi connectivity index (χ2n) is 8.11. The van der Waals surface area contributed by atoms with Crippen LogP contribution in [0.15, 0.2) is 51.6 Å². The van der Waals surface area contributed by atoms with E-state index in [4.69, 9.17) is 13.7 Å². The number of quaternary nitrogens is 1. The zero-order chi connectivity index (χ0) is 21.6. The van der Waals surface area contributed by atoms with Crippen molar-refractivity contribution in [2.45, 2.75) is 45.8 Å². The average molecular weight is 425 g/mol. The van der Waals surface area contributed by atoms with Gasteiger partial charge in [0, 0.05) is 5.56 Å². The summed E-state index contributed by atoms with van der Waals surface area (Å²) >= 11 is 0. The van der Waals surface area contributed by atoms with Gasteiger partial charge in [0.2, 0.25) is 0 Å². The number of carbonyl (C=O) groups is 1. The first-order valence-corrected chi connectivity index (χ1v) is 10.9. The molecule has 1 aromatic carbocycles. The maximum Gasteiger partial charge on any atom is 0.251 e. The van der Waals surface area contributed by atoms with Crippen LogP contribution in [0.4, 0.5) is 0 Å². The van der Waals surface area contributed by atoms with Crippen molar-refractivity contribution in [3.63, 3.8) is 0 Å². The molecular formula is C24H30N3O4+. The molecule has 1 atom stereocenters.